The highest BCUT2D eigenvalue weighted by atomic mass is 32.1. The van der Waals surface area contributed by atoms with Crippen molar-refractivity contribution in [1.29, 1.82) is 0 Å². The minimum Gasteiger partial charge on any atom is -0.251 e. The van der Waals surface area contributed by atoms with Gasteiger partial charge in [0.15, 0.2) is 0 Å². The van der Waals surface area contributed by atoms with Crippen molar-refractivity contribution in [2.75, 3.05) is 0 Å². The Morgan fingerprint density at radius 1 is 1.30 bits per heavy atom. The Morgan fingerprint density at radius 2 is 2.10 bits per heavy atom. The van der Waals surface area contributed by atoms with Crippen LogP contribution in [-0.4, -0.2) is 9.97 Å². The zero-order chi connectivity index (χ0) is 6.97. The molecule has 0 spiro atoms. The standard InChI is InChI=1S/C6H4N2S2/c9-4-3-10-6-5(4)7-1-2-8-6/h1-3,9H. The van der Waals surface area contributed by atoms with Gasteiger partial charge in [-0.15, -0.1) is 24.0 Å². The molecule has 0 saturated heterocycles. The summed E-state index contributed by atoms with van der Waals surface area (Å²) in [5, 5.41) is 1.94. The van der Waals surface area contributed by atoms with E-state index in [2.05, 4.69) is 22.6 Å². The molecule has 0 aromatic carbocycles. The van der Waals surface area contributed by atoms with Crippen molar-refractivity contribution >= 4 is 34.3 Å². The summed E-state index contributed by atoms with van der Waals surface area (Å²) < 4.78 is 0. The molecule has 0 saturated carbocycles. The normalized spacial score (nSPS) is 10.5. The van der Waals surface area contributed by atoms with Crippen LogP contribution in [0.1, 0.15) is 0 Å². The molecule has 0 atom stereocenters. The van der Waals surface area contributed by atoms with Gasteiger partial charge in [-0.3, -0.25) is 4.98 Å². The van der Waals surface area contributed by atoms with Gasteiger partial charge in [-0.25, -0.2) is 4.98 Å². The number of rotatable bonds is 0. The number of thiol groups is 1. The van der Waals surface area contributed by atoms with Gasteiger partial charge in [-0.05, 0) is 0 Å². The van der Waals surface area contributed by atoms with Gasteiger partial charge in [-0.1, -0.05) is 0 Å². The summed E-state index contributed by atoms with van der Waals surface area (Å²) in [5.41, 5.74) is 0.899. The number of thiophene rings is 1. The maximum atomic E-state index is 4.21. The lowest BCUT2D eigenvalue weighted by molar-refractivity contribution is 1.29. The zero-order valence-electron chi connectivity index (χ0n) is 4.98. The molecule has 2 aromatic heterocycles. The second-order valence-electron chi connectivity index (χ2n) is 1.83. The Labute approximate surface area is 67.3 Å². The Morgan fingerprint density at radius 3 is 2.90 bits per heavy atom. The summed E-state index contributed by atoms with van der Waals surface area (Å²) in [4.78, 5) is 10.1. The minimum atomic E-state index is 0.899. The van der Waals surface area contributed by atoms with Crippen LogP contribution in [0.4, 0.5) is 0 Å². The fraction of sp³-hybridized carbons (Fsp3) is 0. The molecule has 2 aromatic rings. The van der Waals surface area contributed by atoms with E-state index in [1.807, 2.05) is 5.38 Å². The predicted molar refractivity (Wildman–Crippen MR) is 44.7 cm³/mol. The molecule has 0 aliphatic carbocycles. The number of hydrogen-bond acceptors (Lipinski definition) is 4. The van der Waals surface area contributed by atoms with Crippen molar-refractivity contribution in [2.24, 2.45) is 0 Å². The number of nitrogens with zero attached hydrogens (tertiary/aromatic N) is 2. The maximum Gasteiger partial charge on any atom is 0.142 e. The fourth-order valence-electron chi connectivity index (χ4n) is 0.755. The minimum absolute atomic E-state index is 0.899. The summed E-state index contributed by atoms with van der Waals surface area (Å²) in [6.07, 6.45) is 3.36. The highest BCUT2D eigenvalue weighted by molar-refractivity contribution is 7.80. The van der Waals surface area contributed by atoms with Gasteiger partial charge in [0.05, 0.1) is 0 Å². The molecule has 10 heavy (non-hydrogen) atoms. The average Bonchev–Trinajstić information content (AvgIpc) is 2.34. The SMILES string of the molecule is Sc1csc2nccnc12. The van der Waals surface area contributed by atoms with Gasteiger partial charge in [-0.2, -0.15) is 0 Å². The molecule has 0 bridgehead atoms. The number of aromatic nitrogens is 2. The van der Waals surface area contributed by atoms with Crippen molar-refractivity contribution < 1.29 is 0 Å². The molecule has 0 radical (unpaired) electrons. The zero-order valence-corrected chi connectivity index (χ0v) is 6.69. The lowest BCUT2D eigenvalue weighted by Crippen LogP contribution is -1.74. The third kappa shape index (κ3) is 0.803. The Bertz CT molecular complexity index is 355. The Balaban J connectivity index is 2.93. The molecule has 0 amide bonds. The highest BCUT2D eigenvalue weighted by Gasteiger charge is 1.99. The largest absolute Gasteiger partial charge is 0.251 e. The summed E-state index contributed by atoms with van der Waals surface area (Å²) in [6.45, 7) is 0. The van der Waals surface area contributed by atoms with Crippen molar-refractivity contribution in [2.45, 2.75) is 4.90 Å². The first kappa shape index (κ1) is 6.12. The van der Waals surface area contributed by atoms with Gasteiger partial charge in [0.2, 0.25) is 0 Å². The topological polar surface area (TPSA) is 25.8 Å². The molecule has 0 aliphatic heterocycles. The highest BCUT2D eigenvalue weighted by Crippen LogP contribution is 2.23. The first-order valence-electron chi connectivity index (χ1n) is 2.75. The molecular formula is C6H4N2S2. The summed E-state index contributed by atoms with van der Waals surface area (Å²) in [7, 11) is 0. The predicted octanol–water partition coefficient (Wildman–Crippen LogP) is 1.98. The summed E-state index contributed by atoms with van der Waals surface area (Å²) >= 11 is 5.77. The lowest BCUT2D eigenvalue weighted by Gasteiger charge is -1.84. The van der Waals surface area contributed by atoms with Gasteiger partial charge in [0.1, 0.15) is 10.3 Å². The van der Waals surface area contributed by atoms with E-state index in [9.17, 15) is 0 Å². The Kier molecular flexibility index (Phi) is 1.35. The van der Waals surface area contributed by atoms with Crippen LogP contribution in [-0.2, 0) is 0 Å². The van der Waals surface area contributed by atoms with Crippen molar-refractivity contribution in [3.8, 4) is 0 Å². The molecule has 2 heterocycles. The van der Waals surface area contributed by atoms with Crippen LogP contribution in [0.3, 0.4) is 0 Å². The van der Waals surface area contributed by atoms with E-state index < -0.39 is 0 Å². The van der Waals surface area contributed by atoms with Crippen LogP contribution < -0.4 is 0 Å². The fourth-order valence-corrected chi connectivity index (χ4v) is 1.88. The molecule has 50 valence electrons. The second-order valence-corrected chi connectivity index (χ2v) is 3.17. The van der Waals surface area contributed by atoms with Crippen molar-refractivity contribution in [3.63, 3.8) is 0 Å². The van der Waals surface area contributed by atoms with E-state index in [0.29, 0.717) is 0 Å². The van der Waals surface area contributed by atoms with Crippen LogP contribution >= 0.6 is 24.0 Å². The van der Waals surface area contributed by atoms with Crippen molar-refractivity contribution in [1.82, 2.24) is 9.97 Å². The molecule has 0 aliphatic rings. The van der Waals surface area contributed by atoms with E-state index in [-0.39, 0.29) is 0 Å². The maximum absolute atomic E-state index is 4.21. The van der Waals surface area contributed by atoms with Gasteiger partial charge in [0, 0.05) is 22.7 Å². The molecule has 2 rings (SSSR count). The Hall–Kier alpha value is -0.610. The number of hydrogen-bond donors (Lipinski definition) is 1. The van der Waals surface area contributed by atoms with Crippen molar-refractivity contribution in [3.05, 3.63) is 17.8 Å². The van der Waals surface area contributed by atoms with Gasteiger partial charge >= 0.3 is 0 Å². The molecule has 2 nitrogen and oxygen atoms in total. The van der Waals surface area contributed by atoms with Gasteiger partial charge in [0.25, 0.3) is 0 Å². The first-order valence-corrected chi connectivity index (χ1v) is 4.08. The first-order chi connectivity index (χ1) is 4.88. The van der Waals surface area contributed by atoms with Crippen LogP contribution in [0.25, 0.3) is 10.3 Å². The summed E-state index contributed by atoms with van der Waals surface area (Å²) in [6, 6.07) is 0. The monoisotopic (exact) mass is 168 g/mol. The van der Waals surface area contributed by atoms with E-state index in [0.717, 1.165) is 15.2 Å². The molecule has 0 unspecified atom stereocenters. The van der Waals surface area contributed by atoms with Crippen LogP contribution in [0.5, 0.6) is 0 Å². The molecule has 4 heteroatoms. The lowest BCUT2D eigenvalue weighted by atomic mass is 10.5. The molecule has 0 fully saturated rings. The smallest absolute Gasteiger partial charge is 0.142 e. The van der Waals surface area contributed by atoms with Crippen LogP contribution in [0.15, 0.2) is 22.7 Å². The van der Waals surface area contributed by atoms with Crippen LogP contribution in [0.2, 0.25) is 0 Å². The third-order valence-electron chi connectivity index (χ3n) is 1.19. The second kappa shape index (κ2) is 2.21. The average molecular weight is 168 g/mol. The van der Waals surface area contributed by atoms with Gasteiger partial charge < -0.3 is 0 Å². The van der Waals surface area contributed by atoms with E-state index in [4.69, 9.17) is 0 Å². The van der Waals surface area contributed by atoms with E-state index in [1.54, 1.807) is 23.7 Å². The molecular weight excluding hydrogens is 164 g/mol. The molecule has 0 N–H and O–H groups in total. The third-order valence-corrected chi connectivity index (χ3v) is 2.58. The quantitative estimate of drug-likeness (QED) is 0.609. The summed E-state index contributed by atoms with van der Waals surface area (Å²) in [5.74, 6) is 0. The number of fused-ring (bicyclic) bond motifs is 1. The van der Waals surface area contributed by atoms with Crippen LogP contribution in [0, 0.1) is 0 Å². The van der Waals surface area contributed by atoms with E-state index >= 15 is 0 Å². The van der Waals surface area contributed by atoms with E-state index in [1.165, 1.54) is 0 Å².